The molecule has 1 amide bonds. The molecule has 33 heavy (non-hydrogen) atoms. The minimum absolute atomic E-state index is 0.0244. The van der Waals surface area contributed by atoms with E-state index in [0.717, 1.165) is 5.75 Å². The first kappa shape index (κ1) is 23.2. The second kappa shape index (κ2) is 9.91. The highest BCUT2D eigenvalue weighted by molar-refractivity contribution is 6.30. The first-order valence-corrected chi connectivity index (χ1v) is 11.5. The molecule has 0 radical (unpaired) electrons. The van der Waals surface area contributed by atoms with Gasteiger partial charge in [0.2, 0.25) is 11.7 Å². The van der Waals surface area contributed by atoms with E-state index in [1.165, 1.54) is 7.11 Å². The number of benzene rings is 2. The summed E-state index contributed by atoms with van der Waals surface area (Å²) in [6.07, 6.45) is 2.51. The molecule has 0 N–H and O–H groups in total. The molecule has 2 aliphatic heterocycles. The first-order chi connectivity index (χ1) is 15.9. The lowest BCUT2D eigenvalue weighted by atomic mass is 9.82. The summed E-state index contributed by atoms with van der Waals surface area (Å²) in [5.41, 5.74) is -0.115. The largest absolute Gasteiger partial charge is 0.494 e. The number of piperidine rings is 1. The number of halogens is 1. The Morgan fingerprint density at radius 3 is 2.48 bits per heavy atom. The van der Waals surface area contributed by atoms with Gasteiger partial charge in [-0.1, -0.05) is 11.6 Å². The topological polar surface area (TPSA) is 74.3 Å². The molecule has 0 bridgehead atoms. The number of ketones is 1. The van der Waals surface area contributed by atoms with E-state index in [4.69, 9.17) is 30.5 Å². The van der Waals surface area contributed by atoms with Gasteiger partial charge in [0, 0.05) is 37.4 Å². The fourth-order valence-electron chi connectivity index (χ4n) is 4.40. The molecule has 2 heterocycles. The number of carbonyl (C=O) groups is 2. The molecule has 1 saturated heterocycles. The Morgan fingerprint density at radius 2 is 1.82 bits per heavy atom. The maximum absolute atomic E-state index is 12.9. The normalized spacial score (nSPS) is 16.7. The molecule has 7 nitrogen and oxygen atoms in total. The summed E-state index contributed by atoms with van der Waals surface area (Å²) in [5.74, 6) is 2.24. The molecule has 0 aromatic heterocycles. The molecular formula is C25H28ClNO6. The lowest BCUT2D eigenvalue weighted by Crippen LogP contribution is -2.52. The van der Waals surface area contributed by atoms with Crippen molar-refractivity contribution in [3.8, 4) is 23.0 Å². The van der Waals surface area contributed by atoms with Gasteiger partial charge in [-0.2, -0.15) is 0 Å². The summed E-state index contributed by atoms with van der Waals surface area (Å²) in [5, 5.41) is 0.658. The Balaban J connectivity index is 1.31. The van der Waals surface area contributed by atoms with Gasteiger partial charge in [-0.15, -0.1) is 0 Å². The molecule has 2 aromatic rings. The number of methoxy groups -OCH3 is 2. The molecule has 0 saturated carbocycles. The minimum Gasteiger partial charge on any atom is -0.494 e. The van der Waals surface area contributed by atoms with Crippen molar-refractivity contribution in [2.45, 2.75) is 37.7 Å². The monoisotopic (exact) mass is 473 g/mol. The van der Waals surface area contributed by atoms with Crippen molar-refractivity contribution in [1.29, 1.82) is 0 Å². The van der Waals surface area contributed by atoms with Gasteiger partial charge in [0.25, 0.3) is 0 Å². The first-order valence-electron chi connectivity index (χ1n) is 11.1. The summed E-state index contributed by atoms with van der Waals surface area (Å²) in [7, 11) is 3.08. The van der Waals surface area contributed by atoms with Crippen LogP contribution in [0, 0.1) is 0 Å². The fraction of sp³-hybridized carbons (Fsp3) is 0.440. The van der Waals surface area contributed by atoms with Crippen molar-refractivity contribution >= 4 is 23.3 Å². The van der Waals surface area contributed by atoms with Crippen LogP contribution < -0.4 is 18.9 Å². The highest BCUT2D eigenvalue weighted by Gasteiger charge is 2.45. The Bertz CT molecular complexity index is 1010. The SMILES string of the molecule is COc1ccc2c(c1OC)OC1(CCN(C(=O)CCCOc3ccc(Cl)cc3)CC1)CC2=O. The second-order valence-corrected chi connectivity index (χ2v) is 8.79. The van der Waals surface area contributed by atoms with E-state index in [1.807, 2.05) is 17.0 Å². The number of Topliss-reactive ketones (excluding diaryl/α,β-unsaturated/α-hetero) is 1. The molecule has 8 heteroatoms. The van der Waals surface area contributed by atoms with Crippen molar-refractivity contribution in [2.24, 2.45) is 0 Å². The van der Waals surface area contributed by atoms with Gasteiger partial charge in [0.05, 0.1) is 32.8 Å². The van der Waals surface area contributed by atoms with Gasteiger partial charge < -0.3 is 23.8 Å². The number of ether oxygens (including phenoxy) is 4. The summed E-state index contributed by atoms with van der Waals surface area (Å²) < 4.78 is 22.9. The lowest BCUT2D eigenvalue weighted by molar-refractivity contribution is -0.135. The molecule has 4 rings (SSSR count). The van der Waals surface area contributed by atoms with Crippen LogP contribution in [0.1, 0.15) is 42.5 Å². The lowest BCUT2D eigenvalue weighted by Gasteiger charge is -2.44. The van der Waals surface area contributed by atoms with Crippen LogP contribution in [-0.2, 0) is 4.79 Å². The van der Waals surface area contributed by atoms with E-state index in [0.29, 0.717) is 79.6 Å². The minimum atomic E-state index is -0.627. The smallest absolute Gasteiger partial charge is 0.222 e. The standard InChI is InChI=1S/C25H28ClNO6/c1-30-21-10-9-19-20(28)16-25(33-23(19)24(21)31-2)11-13-27(14-12-25)22(29)4-3-15-32-18-7-5-17(26)6-8-18/h5-10H,3-4,11-16H2,1-2H3. The number of fused-ring (bicyclic) bond motifs is 1. The van der Waals surface area contributed by atoms with Crippen LogP contribution in [0.15, 0.2) is 36.4 Å². The van der Waals surface area contributed by atoms with Crippen molar-refractivity contribution in [1.82, 2.24) is 4.90 Å². The third kappa shape index (κ3) is 5.03. The number of nitrogens with zero attached hydrogens (tertiary/aromatic N) is 1. The van der Waals surface area contributed by atoms with Crippen LogP contribution in [0.4, 0.5) is 0 Å². The van der Waals surface area contributed by atoms with Gasteiger partial charge in [0.15, 0.2) is 17.3 Å². The molecule has 1 spiro atoms. The Labute approximate surface area is 198 Å². The van der Waals surface area contributed by atoms with E-state index in [2.05, 4.69) is 0 Å². The maximum Gasteiger partial charge on any atom is 0.222 e. The van der Waals surface area contributed by atoms with Gasteiger partial charge in [-0.3, -0.25) is 9.59 Å². The molecule has 0 unspecified atom stereocenters. The zero-order valence-corrected chi connectivity index (χ0v) is 19.7. The summed E-state index contributed by atoms with van der Waals surface area (Å²) in [6.45, 7) is 1.55. The fourth-order valence-corrected chi connectivity index (χ4v) is 4.53. The van der Waals surface area contributed by atoms with Crippen molar-refractivity contribution in [3.05, 3.63) is 47.0 Å². The highest BCUT2D eigenvalue weighted by atomic mass is 35.5. The number of carbonyl (C=O) groups excluding carboxylic acids is 2. The summed E-state index contributed by atoms with van der Waals surface area (Å²) in [6, 6.07) is 10.6. The predicted molar refractivity (Wildman–Crippen MR) is 124 cm³/mol. The number of amides is 1. The molecule has 0 aliphatic carbocycles. The van der Waals surface area contributed by atoms with E-state index in [-0.39, 0.29) is 11.7 Å². The van der Waals surface area contributed by atoms with Gasteiger partial charge >= 0.3 is 0 Å². The van der Waals surface area contributed by atoms with Crippen LogP contribution >= 0.6 is 11.6 Å². The summed E-state index contributed by atoms with van der Waals surface area (Å²) >= 11 is 5.87. The summed E-state index contributed by atoms with van der Waals surface area (Å²) in [4.78, 5) is 27.4. The van der Waals surface area contributed by atoms with Crippen LogP contribution in [-0.4, -0.2) is 56.1 Å². The molecular weight excluding hydrogens is 446 g/mol. The van der Waals surface area contributed by atoms with E-state index in [1.54, 1.807) is 31.4 Å². The molecule has 176 valence electrons. The van der Waals surface area contributed by atoms with Crippen molar-refractivity contribution < 1.29 is 28.5 Å². The van der Waals surface area contributed by atoms with Crippen LogP contribution in [0.25, 0.3) is 0 Å². The third-order valence-corrected chi connectivity index (χ3v) is 6.50. The Morgan fingerprint density at radius 1 is 1.09 bits per heavy atom. The van der Waals surface area contributed by atoms with Gasteiger partial charge in [0.1, 0.15) is 11.4 Å². The average Bonchev–Trinajstić information content (AvgIpc) is 2.82. The van der Waals surface area contributed by atoms with Crippen LogP contribution in [0.2, 0.25) is 5.02 Å². The molecule has 1 fully saturated rings. The quantitative estimate of drug-likeness (QED) is 0.549. The average molecular weight is 474 g/mol. The van der Waals surface area contributed by atoms with E-state index >= 15 is 0 Å². The highest BCUT2D eigenvalue weighted by Crippen LogP contribution is 2.47. The number of hydrogen-bond acceptors (Lipinski definition) is 6. The Kier molecular flexibility index (Phi) is 6.98. The van der Waals surface area contributed by atoms with Crippen molar-refractivity contribution in [3.63, 3.8) is 0 Å². The second-order valence-electron chi connectivity index (χ2n) is 8.35. The zero-order chi connectivity index (χ0) is 23.4. The van der Waals surface area contributed by atoms with Gasteiger partial charge in [-0.05, 0) is 42.8 Å². The number of likely N-dealkylation sites (tertiary alicyclic amines) is 1. The van der Waals surface area contributed by atoms with Gasteiger partial charge in [-0.25, -0.2) is 0 Å². The zero-order valence-electron chi connectivity index (χ0n) is 18.9. The molecule has 0 atom stereocenters. The van der Waals surface area contributed by atoms with Crippen molar-refractivity contribution in [2.75, 3.05) is 33.9 Å². The maximum atomic E-state index is 12.9. The Hall–Kier alpha value is -2.93. The van der Waals surface area contributed by atoms with Crippen LogP contribution in [0.3, 0.4) is 0 Å². The third-order valence-electron chi connectivity index (χ3n) is 6.25. The van der Waals surface area contributed by atoms with E-state index < -0.39 is 5.60 Å². The molecule has 2 aliphatic rings. The van der Waals surface area contributed by atoms with E-state index in [9.17, 15) is 9.59 Å². The number of hydrogen-bond donors (Lipinski definition) is 0. The predicted octanol–water partition coefficient (Wildman–Crippen LogP) is 4.54. The number of rotatable bonds is 7. The molecule has 2 aromatic carbocycles. The van der Waals surface area contributed by atoms with Crippen LogP contribution in [0.5, 0.6) is 23.0 Å².